The lowest BCUT2D eigenvalue weighted by molar-refractivity contribution is -0.0879. The molecule has 0 bridgehead atoms. The molecule has 0 aromatic carbocycles. The normalized spacial score (nSPS) is 35.4. The second-order valence-corrected chi connectivity index (χ2v) is 8.29. The first kappa shape index (κ1) is 15.1. The number of hydrogen-bond acceptors (Lipinski definition) is 5. The van der Waals surface area contributed by atoms with Crippen LogP contribution in [-0.2, 0) is 24.1 Å². The molecule has 1 saturated heterocycles. The highest BCUT2D eigenvalue weighted by Gasteiger charge is 2.50. The fourth-order valence-corrected chi connectivity index (χ4v) is 5.79. The van der Waals surface area contributed by atoms with Gasteiger partial charge in [0.05, 0.1) is 23.9 Å². The summed E-state index contributed by atoms with van der Waals surface area (Å²) in [6, 6.07) is 0.349. The highest BCUT2D eigenvalue weighted by molar-refractivity contribution is 7.11. The molecule has 1 aliphatic heterocycles. The summed E-state index contributed by atoms with van der Waals surface area (Å²) in [5, 5.41) is 11.4. The molecule has 1 aromatic heterocycles. The van der Waals surface area contributed by atoms with Gasteiger partial charge in [-0.3, -0.25) is 4.90 Å². The van der Waals surface area contributed by atoms with Crippen molar-refractivity contribution in [3.05, 3.63) is 15.6 Å². The molecule has 1 N–H and O–H groups in total. The van der Waals surface area contributed by atoms with E-state index in [1.807, 2.05) is 18.4 Å². The standard InChI is InChI=1S/C17H26N2O2S/c1-21-17-7-6-12(20)10-15(17)19(9-8-17)11-16-18-13-4-2-3-5-14(13)22-16/h12,15,20H,2-11H2,1H3/t12-,15+,17-/m1/s1. The van der Waals surface area contributed by atoms with Gasteiger partial charge in [0.25, 0.3) is 0 Å². The third kappa shape index (κ3) is 2.52. The number of aryl methyl sites for hydroxylation is 2. The Morgan fingerprint density at radius 2 is 2.23 bits per heavy atom. The largest absolute Gasteiger partial charge is 0.393 e. The van der Waals surface area contributed by atoms with Gasteiger partial charge in [0.2, 0.25) is 0 Å². The molecule has 0 spiro atoms. The van der Waals surface area contributed by atoms with E-state index in [0.717, 1.165) is 45.2 Å². The smallest absolute Gasteiger partial charge is 0.107 e. The van der Waals surface area contributed by atoms with Crippen LogP contribution in [0, 0.1) is 0 Å². The number of fused-ring (bicyclic) bond motifs is 2. The van der Waals surface area contributed by atoms with Crippen LogP contribution in [0.15, 0.2) is 0 Å². The minimum Gasteiger partial charge on any atom is -0.393 e. The minimum atomic E-state index is -0.168. The van der Waals surface area contributed by atoms with Crippen LogP contribution in [-0.4, -0.2) is 46.4 Å². The Labute approximate surface area is 136 Å². The third-order valence-electron chi connectivity index (χ3n) is 5.90. The van der Waals surface area contributed by atoms with Gasteiger partial charge in [-0.2, -0.15) is 0 Å². The van der Waals surface area contributed by atoms with E-state index in [0.29, 0.717) is 6.04 Å². The van der Waals surface area contributed by atoms with Gasteiger partial charge in [0, 0.05) is 24.6 Å². The average Bonchev–Trinajstić information content (AvgIpc) is 3.09. The Hall–Kier alpha value is -0.490. The summed E-state index contributed by atoms with van der Waals surface area (Å²) < 4.78 is 5.93. The number of ether oxygens (including phenoxy) is 1. The van der Waals surface area contributed by atoms with Crippen molar-refractivity contribution >= 4 is 11.3 Å². The summed E-state index contributed by atoms with van der Waals surface area (Å²) in [5.74, 6) is 0. The summed E-state index contributed by atoms with van der Waals surface area (Å²) in [4.78, 5) is 8.92. The lowest BCUT2D eigenvalue weighted by Crippen LogP contribution is -2.51. The molecular weight excluding hydrogens is 296 g/mol. The van der Waals surface area contributed by atoms with Crippen LogP contribution < -0.4 is 0 Å². The molecule has 5 heteroatoms. The Bertz CT molecular complexity index is 523. The Kier molecular flexibility index (Phi) is 4.01. The number of nitrogens with zero attached hydrogens (tertiary/aromatic N) is 2. The predicted octanol–water partition coefficient (Wildman–Crippen LogP) is 2.53. The first-order valence-electron chi connectivity index (χ1n) is 8.65. The second kappa shape index (κ2) is 5.86. The zero-order valence-electron chi connectivity index (χ0n) is 13.4. The molecule has 0 amide bonds. The van der Waals surface area contributed by atoms with Crippen LogP contribution in [0.5, 0.6) is 0 Å². The number of likely N-dealkylation sites (tertiary alicyclic amines) is 1. The molecule has 3 aliphatic rings. The van der Waals surface area contributed by atoms with Gasteiger partial charge in [-0.05, 0) is 51.4 Å². The number of rotatable bonds is 3. The maximum Gasteiger partial charge on any atom is 0.107 e. The predicted molar refractivity (Wildman–Crippen MR) is 87.2 cm³/mol. The summed E-state index contributed by atoms with van der Waals surface area (Å²) in [6.45, 7) is 2.00. The van der Waals surface area contributed by atoms with Crippen molar-refractivity contribution < 1.29 is 9.84 Å². The molecule has 22 heavy (non-hydrogen) atoms. The average molecular weight is 322 g/mol. The van der Waals surface area contributed by atoms with Crippen LogP contribution in [0.2, 0.25) is 0 Å². The van der Waals surface area contributed by atoms with Crippen LogP contribution in [0.4, 0.5) is 0 Å². The summed E-state index contributed by atoms with van der Waals surface area (Å²) in [5.41, 5.74) is 1.32. The van der Waals surface area contributed by atoms with Crippen molar-refractivity contribution in [3.8, 4) is 0 Å². The monoisotopic (exact) mass is 322 g/mol. The summed E-state index contributed by atoms with van der Waals surface area (Å²) in [7, 11) is 1.84. The van der Waals surface area contributed by atoms with E-state index in [1.54, 1.807) is 0 Å². The molecule has 0 unspecified atom stereocenters. The summed E-state index contributed by atoms with van der Waals surface area (Å²) >= 11 is 1.91. The summed E-state index contributed by atoms with van der Waals surface area (Å²) in [6.07, 6.45) is 8.63. The zero-order valence-corrected chi connectivity index (χ0v) is 14.2. The van der Waals surface area contributed by atoms with Gasteiger partial charge in [0.15, 0.2) is 0 Å². The van der Waals surface area contributed by atoms with Gasteiger partial charge >= 0.3 is 0 Å². The Morgan fingerprint density at radius 1 is 1.36 bits per heavy atom. The number of aromatic nitrogens is 1. The molecular formula is C17H26N2O2S. The quantitative estimate of drug-likeness (QED) is 0.929. The van der Waals surface area contributed by atoms with Crippen LogP contribution in [0.25, 0.3) is 0 Å². The highest BCUT2D eigenvalue weighted by atomic mass is 32.1. The van der Waals surface area contributed by atoms with Crippen molar-refractivity contribution in [2.45, 2.75) is 75.7 Å². The Balaban J connectivity index is 1.52. The zero-order chi connectivity index (χ0) is 15.2. The van der Waals surface area contributed by atoms with Crippen LogP contribution in [0.1, 0.15) is 54.1 Å². The van der Waals surface area contributed by atoms with Crippen molar-refractivity contribution in [3.63, 3.8) is 0 Å². The minimum absolute atomic E-state index is 0.0316. The van der Waals surface area contributed by atoms with Gasteiger partial charge in [-0.15, -0.1) is 11.3 Å². The maximum absolute atomic E-state index is 10.1. The molecule has 4 nitrogen and oxygen atoms in total. The van der Waals surface area contributed by atoms with E-state index in [-0.39, 0.29) is 11.7 Å². The first-order valence-corrected chi connectivity index (χ1v) is 9.46. The molecule has 1 saturated carbocycles. The van der Waals surface area contributed by atoms with Crippen LogP contribution >= 0.6 is 11.3 Å². The number of methoxy groups -OCH3 is 1. The third-order valence-corrected chi connectivity index (χ3v) is 7.04. The van der Waals surface area contributed by atoms with E-state index < -0.39 is 0 Å². The topological polar surface area (TPSA) is 45.6 Å². The molecule has 3 atom stereocenters. The van der Waals surface area contributed by atoms with Gasteiger partial charge in [0.1, 0.15) is 5.01 Å². The molecule has 1 aromatic rings. The van der Waals surface area contributed by atoms with Gasteiger partial charge in [-0.1, -0.05) is 0 Å². The number of aliphatic hydroxyl groups excluding tert-OH is 1. The fraction of sp³-hybridized carbons (Fsp3) is 0.824. The lowest BCUT2D eigenvalue weighted by atomic mass is 9.79. The molecule has 4 rings (SSSR count). The van der Waals surface area contributed by atoms with Gasteiger partial charge < -0.3 is 9.84 Å². The molecule has 2 aliphatic carbocycles. The fourth-order valence-electron chi connectivity index (χ4n) is 4.61. The lowest BCUT2D eigenvalue weighted by Gasteiger charge is -2.42. The van der Waals surface area contributed by atoms with Crippen molar-refractivity contribution in [1.82, 2.24) is 9.88 Å². The maximum atomic E-state index is 10.1. The van der Waals surface area contributed by atoms with E-state index in [4.69, 9.17) is 9.72 Å². The second-order valence-electron chi connectivity index (χ2n) is 7.12. The number of thiazole rings is 1. The molecule has 122 valence electrons. The SMILES string of the molecule is CO[C@@]12CC[C@@H](O)C[C@@H]1N(Cc1nc3c(s1)CCCC3)CC2. The number of aliphatic hydroxyl groups is 1. The molecule has 2 fully saturated rings. The molecule has 0 radical (unpaired) electrons. The van der Waals surface area contributed by atoms with E-state index in [1.165, 1.54) is 34.8 Å². The van der Waals surface area contributed by atoms with E-state index in [9.17, 15) is 5.11 Å². The van der Waals surface area contributed by atoms with Crippen LogP contribution in [0.3, 0.4) is 0 Å². The Morgan fingerprint density at radius 3 is 3.05 bits per heavy atom. The molecule has 2 heterocycles. The van der Waals surface area contributed by atoms with Gasteiger partial charge in [-0.25, -0.2) is 4.98 Å². The number of hydrogen-bond donors (Lipinski definition) is 1. The first-order chi connectivity index (χ1) is 10.7. The van der Waals surface area contributed by atoms with Crippen molar-refractivity contribution in [1.29, 1.82) is 0 Å². The van der Waals surface area contributed by atoms with E-state index >= 15 is 0 Å². The van der Waals surface area contributed by atoms with E-state index in [2.05, 4.69) is 4.90 Å². The highest BCUT2D eigenvalue weighted by Crippen LogP contribution is 2.43. The van der Waals surface area contributed by atoms with Crippen molar-refractivity contribution in [2.24, 2.45) is 0 Å². The van der Waals surface area contributed by atoms with Crippen molar-refractivity contribution in [2.75, 3.05) is 13.7 Å².